The Balaban J connectivity index is 2.98. The first-order chi connectivity index (χ1) is 8.99. The zero-order valence-electron chi connectivity index (χ0n) is 11.7. The van der Waals surface area contributed by atoms with Gasteiger partial charge in [0.1, 0.15) is 0 Å². The van der Waals surface area contributed by atoms with Gasteiger partial charge in [-0.05, 0) is 24.6 Å². The number of hydrogen-bond acceptors (Lipinski definition) is 3. The summed E-state index contributed by atoms with van der Waals surface area (Å²) in [5, 5.41) is 2.94. The van der Waals surface area contributed by atoms with Crippen molar-refractivity contribution in [1.29, 1.82) is 0 Å². The van der Waals surface area contributed by atoms with Gasteiger partial charge in [0.15, 0.2) is 0 Å². The lowest BCUT2D eigenvalue weighted by Crippen LogP contribution is -2.35. The highest BCUT2D eigenvalue weighted by molar-refractivity contribution is 6.00. The van der Waals surface area contributed by atoms with Crippen LogP contribution in [0, 0.1) is 12.3 Å². The number of nitrogen functional groups attached to an aromatic ring is 1. The minimum Gasteiger partial charge on any atom is -0.399 e. The molecule has 0 aliphatic carbocycles. The Morgan fingerprint density at radius 1 is 1.53 bits per heavy atom. The monoisotopic (exact) mass is 259 g/mol. The van der Waals surface area contributed by atoms with Crippen molar-refractivity contribution in [3.05, 3.63) is 23.8 Å². The SMILES string of the molecule is C#CCC(CC)NC(=O)c1cc(N)ccc1N(C)C. The van der Waals surface area contributed by atoms with E-state index in [0.717, 1.165) is 12.1 Å². The predicted octanol–water partition coefficient (Wildman–Crippen LogP) is 1.87. The molecule has 102 valence electrons. The number of nitrogens with one attached hydrogen (secondary N) is 1. The second-order valence-electron chi connectivity index (χ2n) is 4.66. The summed E-state index contributed by atoms with van der Waals surface area (Å²) in [6.45, 7) is 1.99. The van der Waals surface area contributed by atoms with Gasteiger partial charge in [-0.1, -0.05) is 6.92 Å². The lowest BCUT2D eigenvalue weighted by Gasteiger charge is -2.20. The zero-order valence-corrected chi connectivity index (χ0v) is 11.7. The Kier molecular flexibility index (Phi) is 5.25. The number of rotatable bonds is 5. The Labute approximate surface area is 115 Å². The first-order valence-electron chi connectivity index (χ1n) is 6.30. The molecule has 0 saturated carbocycles. The zero-order chi connectivity index (χ0) is 14.4. The van der Waals surface area contributed by atoms with E-state index in [-0.39, 0.29) is 11.9 Å². The topological polar surface area (TPSA) is 58.4 Å². The molecule has 1 unspecified atom stereocenters. The number of nitrogens with zero attached hydrogens (tertiary/aromatic N) is 1. The van der Waals surface area contributed by atoms with Crippen LogP contribution < -0.4 is 16.0 Å². The summed E-state index contributed by atoms with van der Waals surface area (Å²) < 4.78 is 0. The number of anilines is 2. The van der Waals surface area contributed by atoms with E-state index >= 15 is 0 Å². The fourth-order valence-electron chi connectivity index (χ4n) is 1.83. The molecule has 0 aliphatic heterocycles. The summed E-state index contributed by atoms with van der Waals surface area (Å²) in [5.41, 5.74) is 7.73. The van der Waals surface area contributed by atoms with Gasteiger partial charge < -0.3 is 16.0 Å². The second kappa shape index (κ2) is 6.69. The van der Waals surface area contributed by atoms with Crippen molar-refractivity contribution in [3.8, 4) is 12.3 Å². The maximum absolute atomic E-state index is 12.3. The van der Waals surface area contributed by atoms with E-state index < -0.39 is 0 Å². The van der Waals surface area contributed by atoms with Crippen LogP contribution >= 0.6 is 0 Å². The predicted molar refractivity (Wildman–Crippen MR) is 80.2 cm³/mol. The maximum atomic E-state index is 12.3. The second-order valence-corrected chi connectivity index (χ2v) is 4.66. The van der Waals surface area contributed by atoms with Gasteiger partial charge in [-0.25, -0.2) is 0 Å². The Hall–Kier alpha value is -2.15. The normalized spacial score (nSPS) is 11.5. The quantitative estimate of drug-likeness (QED) is 0.627. The number of hydrogen-bond donors (Lipinski definition) is 2. The van der Waals surface area contributed by atoms with Crippen LogP contribution in [-0.2, 0) is 0 Å². The van der Waals surface area contributed by atoms with Crippen molar-refractivity contribution in [2.45, 2.75) is 25.8 Å². The third kappa shape index (κ3) is 3.92. The van der Waals surface area contributed by atoms with E-state index in [1.807, 2.05) is 32.0 Å². The standard InChI is InChI=1S/C15H21N3O/c1-5-7-12(6-2)17-15(19)13-10-11(16)8-9-14(13)18(3)4/h1,8-10,12H,6-7,16H2,2-4H3,(H,17,19). The van der Waals surface area contributed by atoms with Crippen molar-refractivity contribution in [1.82, 2.24) is 5.32 Å². The van der Waals surface area contributed by atoms with E-state index in [1.54, 1.807) is 12.1 Å². The maximum Gasteiger partial charge on any atom is 0.253 e. The van der Waals surface area contributed by atoms with Crippen molar-refractivity contribution in [2.24, 2.45) is 0 Å². The molecule has 1 atom stereocenters. The van der Waals surface area contributed by atoms with Crippen molar-refractivity contribution in [2.75, 3.05) is 24.7 Å². The van der Waals surface area contributed by atoms with Crippen LogP contribution in [0.3, 0.4) is 0 Å². The summed E-state index contributed by atoms with van der Waals surface area (Å²) in [7, 11) is 3.78. The van der Waals surface area contributed by atoms with Gasteiger partial charge in [0.05, 0.1) is 5.56 Å². The van der Waals surface area contributed by atoms with E-state index in [9.17, 15) is 4.79 Å². The van der Waals surface area contributed by atoms with Crippen LogP contribution in [0.5, 0.6) is 0 Å². The first kappa shape index (κ1) is 14.9. The lowest BCUT2D eigenvalue weighted by molar-refractivity contribution is 0.0937. The van der Waals surface area contributed by atoms with E-state index in [0.29, 0.717) is 17.7 Å². The minimum atomic E-state index is -0.141. The van der Waals surface area contributed by atoms with Crippen LogP contribution in [0.1, 0.15) is 30.1 Å². The Bertz CT molecular complexity index is 489. The molecule has 0 fully saturated rings. The minimum absolute atomic E-state index is 0.00561. The third-order valence-corrected chi connectivity index (χ3v) is 2.94. The molecule has 19 heavy (non-hydrogen) atoms. The van der Waals surface area contributed by atoms with Crippen LogP contribution in [0.4, 0.5) is 11.4 Å². The largest absolute Gasteiger partial charge is 0.399 e. The van der Waals surface area contributed by atoms with Gasteiger partial charge in [-0.15, -0.1) is 12.3 Å². The molecule has 1 amide bonds. The number of benzene rings is 1. The molecule has 3 N–H and O–H groups in total. The summed E-state index contributed by atoms with van der Waals surface area (Å²) in [5.74, 6) is 2.43. The molecule has 4 heteroatoms. The molecule has 0 heterocycles. The molecular weight excluding hydrogens is 238 g/mol. The molecule has 0 radical (unpaired) electrons. The van der Waals surface area contributed by atoms with Crippen molar-refractivity contribution >= 4 is 17.3 Å². The molecule has 0 bridgehead atoms. The molecule has 0 spiro atoms. The summed E-state index contributed by atoms with van der Waals surface area (Å²) in [4.78, 5) is 14.2. The Morgan fingerprint density at radius 3 is 2.74 bits per heavy atom. The van der Waals surface area contributed by atoms with Gasteiger partial charge in [-0.3, -0.25) is 4.79 Å². The average Bonchev–Trinajstić information content (AvgIpc) is 2.37. The van der Waals surface area contributed by atoms with Crippen LogP contribution in [0.15, 0.2) is 18.2 Å². The average molecular weight is 259 g/mol. The number of nitrogens with two attached hydrogens (primary N) is 1. The van der Waals surface area contributed by atoms with Crippen molar-refractivity contribution in [3.63, 3.8) is 0 Å². The van der Waals surface area contributed by atoms with Crippen molar-refractivity contribution < 1.29 is 4.79 Å². The van der Waals surface area contributed by atoms with Gasteiger partial charge in [0.25, 0.3) is 5.91 Å². The van der Waals surface area contributed by atoms with E-state index in [2.05, 4.69) is 11.2 Å². The molecule has 1 aromatic carbocycles. The first-order valence-corrected chi connectivity index (χ1v) is 6.30. The highest BCUT2D eigenvalue weighted by Crippen LogP contribution is 2.21. The van der Waals surface area contributed by atoms with E-state index in [4.69, 9.17) is 12.2 Å². The molecule has 0 aromatic heterocycles. The summed E-state index contributed by atoms with van der Waals surface area (Å²) >= 11 is 0. The highest BCUT2D eigenvalue weighted by atomic mass is 16.1. The van der Waals surface area contributed by atoms with Crippen LogP contribution in [0.2, 0.25) is 0 Å². The van der Waals surface area contributed by atoms with Gasteiger partial charge in [-0.2, -0.15) is 0 Å². The molecule has 4 nitrogen and oxygen atoms in total. The number of carbonyl (C=O) groups excluding carboxylic acids is 1. The molecule has 0 saturated heterocycles. The summed E-state index contributed by atoms with van der Waals surface area (Å²) in [6.07, 6.45) is 6.62. The van der Waals surface area contributed by atoms with Crippen LogP contribution in [0.25, 0.3) is 0 Å². The molecule has 1 aromatic rings. The number of terminal acetylenes is 1. The van der Waals surface area contributed by atoms with Gasteiger partial charge in [0.2, 0.25) is 0 Å². The van der Waals surface area contributed by atoms with Gasteiger partial charge >= 0.3 is 0 Å². The lowest BCUT2D eigenvalue weighted by atomic mass is 10.1. The van der Waals surface area contributed by atoms with E-state index in [1.165, 1.54) is 0 Å². The fourth-order valence-corrected chi connectivity index (χ4v) is 1.83. The summed E-state index contributed by atoms with van der Waals surface area (Å²) in [6, 6.07) is 5.30. The number of amides is 1. The fraction of sp³-hybridized carbons (Fsp3) is 0.400. The molecule has 1 rings (SSSR count). The molecule has 0 aliphatic rings. The van der Waals surface area contributed by atoms with Crippen LogP contribution in [-0.4, -0.2) is 26.0 Å². The highest BCUT2D eigenvalue weighted by Gasteiger charge is 2.16. The molecular formula is C15H21N3O. The smallest absolute Gasteiger partial charge is 0.253 e. The Morgan fingerprint density at radius 2 is 2.21 bits per heavy atom. The third-order valence-electron chi connectivity index (χ3n) is 2.94. The van der Waals surface area contributed by atoms with Gasteiger partial charge in [0, 0.05) is 37.9 Å². The number of carbonyl (C=O) groups is 1.